The van der Waals surface area contributed by atoms with Gasteiger partial charge >= 0.3 is 6.18 Å². The Hall–Kier alpha value is -2.69. The summed E-state index contributed by atoms with van der Waals surface area (Å²) in [5.74, 6) is 0.256. The van der Waals surface area contributed by atoms with Crippen molar-refractivity contribution in [3.63, 3.8) is 0 Å². The zero-order valence-corrected chi connectivity index (χ0v) is 18.5. The van der Waals surface area contributed by atoms with Crippen LogP contribution in [0.2, 0.25) is 5.28 Å². The lowest BCUT2D eigenvalue weighted by atomic mass is 9.91. The van der Waals surface area contributed by atoms with Crippen LogP contribution in [0, 0.1) is 0 Å². The van der Waals surface area contributed by atoms with Gasteiger partial charge in [-0.15, -0.1) is 0 Å². The Bertz CT molecular complexity index is 1170. The predicted molar refractivity (Wildman–Crippen MR) is 115 cm³/mol. The minimum atomic E-state index is -4.48. The minimum absolute atomic E-state index is 0.172. The first-order valence-electron chi connectivity index (χ1n) is 10.5. The number of aryl methyl sites for hydroxylation is 2. The molecule has 1 aliphatic heterocycles. The third-order valence-electron chi connectivity index (χ3n) is 5.91. The largest absolute Gasteiger partial charge is 0.434 e. The van der Waals surface area contributed by atoms with Gasteiger partial charge in [0.15, 0.2) is 11.5 Å². The Morgan fingerprint density at radius 3 is 2.52 bits per heavy atom. The molecule has 5 rings (SSSR count). The number of halogens is 4. The maximum atomic E-state index is 12.9. The van der Waals surface area contributed by atoms with Crippen LogP contribution in [0.4, 0.5) is 19.0 Å². The number of aromatic nitrogens is 4. The summed E-state index contributed by atoms with van der Waals surface area (Å²) in [4.78, 5) is 12.5. The highest BCUT2D eigenvalue weighted by atomic mass is 35.5. The summed E-state index contributed by atoms with van der Waals surface area (Å²) >= 11 is 6.14. The van der Waals surface area contributed by atoms with E-state index in [9.17, 15) is 13.2 Å². The molecule has 1 saturated heterocycles. The van der Waals surface area contributed by atoms with Crippen molar-refractivity contribution in [2.75, 3.05) is 18.5 Å². The third kappa shape index (κ3) is 4.42. The molecule has 3 heterocycles. The molecule has 0 atom stereocenters. The van der Waals surface area contributed by atoms with Crippen LogP contribution in [-0.4, -0.2) is 38.5 Å². The Kier molecular flexibility index (Phi) is 5.54. The van der Waals surface area contributed by atoms with Gasteiger partial charge in [-0.25, -0.2) is 15.0 Å². The Morgan fingerprint density at radius 2 is 1.85 bits per heavy atom. The van der Waals surface area contributed by atoms with Gasteiger partial charge in [-0.1, -0.05) is 24.3 Å². The number of anilines is 1. The molecule has 1 spiro atoms. The molecule has 0 bridgehead atoms. The zero-order chi connectivity index (χ0) is 23.2. The van der Waals surface area contributed by atoms with E-state index in [4.69, 9.17) is 21.1 Å². The molecule has 0 unspecified atom stereocenters. The number of fused-ring (bicyclic) bond motifs is 1. The SMILES string of the molecule is Cn1cc(C(F)(F)F)nc1-c1ccc(CNc2nc(Cl)nc3c2CC2(CC3)OCCO2)cc1. The summed E-state index contributed by atoms with van der Waals surface area (Å²) in [5.41, 5.74) is 2.41. The van der Waals surface area contributed by atoms with Gasteiger partial charge in [-0.2, -0.15) is 13.2 Å². The predicted octanol–water partition coefficient (Wildman–Crippen LogP) is 4.39. The molecule has 0 amide bonds. The maximum Gasteiger partial charge on any atom is 0.434 e. The van der Waals surface area contributed by atoms with Crippen LogP contribution >= 0.6 is 11.6 Å². The third-order valence-corrected chi connectivity index (χ3v) is 6.08. The average Bonchev–Trinajstić information content (AvgIpc) is 3.39. The molecule has 0 radical (unpaired) electrons. The van der Waals surface area contributed by atoms with Gasteiger partial charge < -0.3 is 19.4 Å². The van der Waals surface area contributed by atoms with Crippen LogP contribution in [0.1, 0.15) is 28.9 Å². The summed E-state index contributed by atoms with van der Waals surface area (Å²) in [6.45, 7) is 1.59. The quantitative estimate of drug-likeness (QED) is 0.559. The first-order valence-corrected chi connectivity index (χ1v) is 10.9. The lowest BCUT2D eigenvalue weighted by Crippen LogP contribution is -2.38. The number of nitrogens with one attached hydrogen (secondary N) is 1. The van der Waals surface area contributed by atoms with Crippen molar-refractivity contribution in [1.82, 2.24) is 19.5 Å². The van der Waals surface area contributed by atoms with Gasteiger partial charge in [0.1, 0.15) is 11.6 Å². The van der Waals surface area contributed by atoms with Crippen molar-refractivity contribution < 1.29 is 22.6 Å². The Balaban J connectivity index is 1.33. The number of imidazole rings is 1. The van der Waals surface area contributed by atoms with Gasteiger partial charge in [-0.05, 0) is 23.6 Å². The standard InChI is InChI=1S/C22H21ClF3N5O2/c1-31-12-17(22(24,25)26)29-19(31)14-4-2-13(3-5-14)11-27-18-15-10-21(32-8-9-33-21)7-6-16(15)28-20(23)30-18/h2-5,12H,6-11H2,1H3,(H,27,28,30). The van der Waals surface area contributed by atoms with Crippen molar-refractivity contribution >= 4 is 17.4 Å². The second-order valence-electron chi connectivity index (χ2n) is 8.16. The summed E-state index contributed by atoms with van der Waals surface area (Å²) < 4.78 is 51.9. The van der Waals surface area contributed by atoms with Crippen molar-refractivity contribution in [1.29, 1.82) is 0 Å². The molecule has 7 nitrogen and oxygen atoms in total. The molecule has 1 aliphatic carbocycles. The molecule has 1 fully saturated rings. The topological polar surface area (TPSA) is 74.1 Å². The van der Waals surface area contributed by atoms with Crippen molar-refractivity contribution in [3.05, 3.63) is 58.3 Å². The number of ether oxygens (including phenoxy) is 2. The number of nitrogens with zero attached hydrogens (tertiary/aromatic N) is 4. The second-order valence-corrected chi connectivity index (χ2v) is 8.50. The Labute approximate surface area is 192 Å². The molecule has 2 aliphatic rings. The molecule has 33 heavy (non-hydrogen) atoms. The fraction of sp³-hybridized carbons (Fsp3) is 0.409. The van der Waals surface area contributed by atoms with E-state index < -0.39 is 17.7 Å². The normalized spacial score (nSPS) is 17.4. The Morgan fingerprint density at radius 1 is 1.12 bits per heavy atom. The lowest BCUT2D eigenvalue weighted by Gasteiger charge is -2.33. The maximum absolute atomic E-state index is 12.9. The van der Waals surface area contributed by atoms with Gasteiger partial charge in [0, 0.05) is 43.8 Å². The van der Waals surface area contributed by atoms with E-state index in [1.165, 1.54) is 4.57 Å². The van der Waals surface area contributed by atoms with Crippen LogP contribution in [-0.2, 0) is 42.1 Å². The summed E-state index contributed by atoms with van der Waals surface area (Å²) in [6, 6.07) is 7.17. The molecule has 3 aromatic rings. The zero-order valence-electron chi connectivity index (χ0n) is 17.7. The fourth-order valence-electron chi connectivity index (χ4n) is 4.28. The molecule has 1 N–H and O–H groups in total. The van der Waals surface area contributed by atoms with Crippen molar-refractivity contribution in [2.24, 2.45) is 7.05 Å². The molecule has 174 valence electrons. The number of rotatable bonds is 4. The molecule has 11 heteroatoms. The van der Waals surface area contributed by atoms with E-state index in [0.717, 1.165) is 29.4 Å². The average molecular weight is 480 g/mol. The van der Waals surface area contributed by atoms with Crippen LogP contribution in [0.3, 0.4) is 0 Å². The number of alkyl halides is 3. The van der Waals surface area contributed by atoms with Crippen LogP contribution in [0.5, 0.6) is 0 Å². The summed E-state index contributed by atoms with van der Waals surface area (Å²) in [6.07, 6.45) is -1.55. The van der Waals surface area contributed by atoms with E-state index in [2.05, 4.69) is 20.3 Å². The van der Waals surface area contributed by atoms with E-state index in [1.807, 2.05) is 12.1 Å². The highest BCUT2D eigenvalue weighted by Crippen LogP contribution is 2.37. The molecular formula is C22H21ClF3N5O2. The lowest BCUT2D eigenvalue weighted by molar-refractivity contribution is -0.164. The van der Waals surface area contributed by atoms with E-state index in [-0.39, 0.29) is 11.1 Å². The minimum Gasteiger partial charge on any atom is -0.366 e. The highest BCUT2D eigenvalue weighted by molar-refractivity contribution is 6.28. The van der Waals surface area contributed by atoms with Gasteiger partial charge in [0.25, 0.3) is 0 Å². The second kappa shape index (κ2) is 8.27. The van der Waals surface area contributed by atoms with E-state index in [0.29, 0.717) is 44.0 Å². The smallest absolute Gasteiger partial charge is 0.366 e. The molecule has 1 aromatic carbocycles. The molecule has 2 aromatic heterocycles. The van der Waals surface area contributed by atoms with Crippen molar-refractivity contribution in [3.8, 4) is 11.4 Å². The highest BCUT2D eigenvalue weighted by Gasteiger charge is 2.41. The number of hydrogen-bond acceptors (Lipinski definition) is 6. The summed E-state index contributed by atoms with van der Waals surface area (Å²) in [5, 5.41) is 3.49. The van der Waals surface area contributed by atoms with Gasteiger partial charge in [-0.3, -0.25) is 0 Å². The van der Waals surface area contributed by atoms with Gasteiger partial charge in [0.05, 0.1) is 18.9 Å². The fourth-order valence-corrected chi connectivity index (χ4v) is 4.46. The van der Waals surface area contributed by atoms with Crippen molar-refractivity contribution in [2.45, 2.75) is 37.8 Å². The molecule has 0 saturated carbocycles. The van der Waals surface area contributed by atoms with E-state index in [1.54, 1.807) is 19.2 Å². The first-order chi connectivity index (χ1) is 15.7. The number of benzene rings is 1. The van der Waals surface area contributed by atoms with Crippen LogP contribution in [0.25, 0.3) is 11.4 Å². The molecular weight excluding hydrogens is 459 g/mol. The van der Waals surface area contributed by atoms with Crippen LogP contribution in [0.15, 0.2) is 30.5 Å². The first kappa shape index (κ1) is 22.1. The van der Waals surface area contributed by atoms with E-state index >= 15 is 0 Å². The summed E-state index contributed by atoms with van der Waals surface area (Å²) in [7, 11) is 1.54. The van der Waals surface area contributed by atoms with Crippen LogP contribution < -0.4 is 5.32 Å². The number of hydrogen-bond donors (Lipinski definition) is 1. The van der Waals surface area contributed by atoms with Gasteiger partial charge in [0.2, 0.25) is 5.28 Å². The monoisotopic (exact) mass is 479 g/mol.